The van der Waals surface area contributed by atoms with E-state index in [0.717, 1.165) is 17.0 Å². The van der Waals surface area contributed by atoms with Gasteiger partial charge in [-0.05, 0) is 37.3 Å². The summed E-state index contributed by atoms with van der Waals surface area (Å²) in [6.07, 6.45) is 1.04. The molecule has 1 amide bonds. The van der Waals surface area contributed by atoms with Gasteiger partial charge in [-0.25, -0.2) is 13.4 Å². The third kappa shape index (κ3) is 4.14. The number of carbonyl (C=O) groups is 1. The van der Waals surface area contributed by atoms with Crippen LogP contribution in [0.1, 0.15) is 21.1 Å². The molecule has 1 aromatic carbocycles. The topological polar surface area (TPSA) is 89.3 Å². The Labute approximate surface area is 159 Å². The van der Waals surface area contributed by atoms with Crippen LogP contribution in [0.5, 0.6) is 0 Å². The van der Waals surface area contributed by atoms with E-state index in [9.17, 15) is 13.2 Å². The molecular formula is C17H15ClN2O4S2. The predicted molar refractivity (Wildman–Crippen MR) is 100 cm³/mol. The summed E-state index contributed by atoms with van der Waals surface area (Å²) in [5, 5.41) is 5.62. The van der Waals surface area contributed by atoms with Gasteiger partial charge in [-0.2, -0.15) is 0 Å². The zero-order valence-electron chi connectivity index (χ0n) is 13.9. The molecule has 6 nitrogen and oxygen atoms in total. The van der Waals surface area contributed by atoms with Gasteiger partial charge in [0.25, 0.3) is 5.91 Å². The quantitative estimate of drug-likeness (QED) is 0.692. The number of hydrogen-bond donors (Lipinski definition) is 1. The standard InChI is InChI=1S/C17H15ClN2O4S2/c1-10-20-14(9-25-10)15-6-4-12(24-15)8-19-17(21)11-3-5-13(18)16(7-11)26(2,22)23/h3-7,9H,8H2,1-2H3,(H,19,21). The minimum atomic E-state index is -3.52. The van der Waals surface area contributed by atoms with E-state index in [1.54, 1.807) is 12.1 Å². The van der Waals surface area contributed by atoms with Crippen molar-refractivity contribution in [2.24, 2.45) is 0 Å². The average molecular weight is 411 g/mol. The highest BCUT2D eigenvalue weighted by molar-refractivity contribution is 7.90. The SMILES string of the molecule is Cc1nc(-c2ccc(CNC(=O)c3ccc(Cl)c(S(C)(=O)=O)c3)o2)cs1. The van der Waals surface area contributed by atoms with Gasteiger partial charge in [-0.3, -0.25) is 4.79 Å². The van der Waals surface area contributed by atoms with Gasteiger partial charge >= 0.3 is 0 Å². The lowest BCUT2D eigenvalue weighted by molar-refractivity contribution is 0.0948. The van der Waals surface area contributed by atoms with Crippen molar-refractivity contribution < 1.29 is 17.6 Å². The Hall–Kier alpha value is -2.16. The second kappa shape index (κ2) is 7.22. The highest BCUT2D eigenvalue weighted by atomic mass is 35.5. The molecule has 26 heavy (non-hydrogen) atoms. The summed E-state index contributed by atoms with van der Waals surface area (Å²) in [5.74, 6) is 0.773. The Balaban J connectivity index is 1.71. The fourth-order valence-electron chi connectivity index (χ4n) is 2.29. The average Bonchev–Trinajstić information content (AvgIpc) is 3.20. The third-order valence-electron chi connectivity index (χ3n) is 3.55. The molecule has 0 aliphatic rings. The number of hydrogen-bond acceptors (Lipinski definition) is 6. The molecule has 0 bridgehead atoms. The number of amides is 1. The molecule has 0 saturated heterocycles. The van der Waals surface area contributed by atoms with Crippen LogP contribution < -0.4 is 5.32 Å². The van der Waals surface area contributed by atoms with Crippen molar-refractivity contribution in [3.05, 3.63) is 57.1 Å². The van der Waals surface area contributed by atoms with Crippen LogP contribution in [-0.4, -0.2) is 25.6 Å². The molecule has 0 radical (unpaired) electrons. The van der Waals surface area contributed by atoms with E-state index in [1.807, 2.05) is 12.3 Å². The van der Waals surface area contributed by atoms with E-state index in [1.165, 1.54) is 29.5 Å². The number of carbonyl (C=O) groups excluding carboxylic acids is 1. The lowest BCUT2D eigenvalue weighted by Crippen LogP contribution is -2.22. The molecule has 2 aromatic heterocycles. The summed E-state index contributed by atoms with van der Waals surface area (Å²) in [4.78, 5) is 16.6. The molecule has 1 N–H and O–H groups in total. The van der Waals surface area contributed by atoms with Crippen molar-refractivity contribution >= 4 is 38.7 Å². The summed E-state index contributed by atoms with van der Waals surface area (Å²) in [6, 6.07) is 7.67. The number of furan rings is 1. The minimum absolute atomic E-state index is 0.0778. The number of aryl methyl sites for hydroxylation is 1. The second-order valence-corrected chi connectivity index (χ2v) is 9.07. The molecule has 0 atom stereocenters. The van der Waals surface area contributed by atoms with E-state index in [0.29, 0.717) is 11.5 Å². The Morgan fingerprint density at radius 1 is 1.31 bits per heavy atom. The second-order valence-electron chi connectivity index (χ2n) is 5.62. The van der Waals surface area contributed by atoms with Gasteiger partial charge in [0.15, 0.2) is 15.6 Å². The van der Waals surface area contributed by atoms with E-state index in [-0.39, 0.29) is 22.0 Å². The van der Waals surface area contributed by atoms with Gasteiger partial charge < -0.3 is 9.73 Å². The molecule has 0 saturated carbocycles. The highest BCUT2D eigenvalue weighted by Gasteiger charge is 2.16. The van der Waals surface area contributed by atoms with Crippen LogP contribution in [-0.2, 0) is 16.4 Å². The van der Waals surface area contributed by atoms with Gasteiger partial charge in [-0.1, -0.05) is 11.6 Å². The Bertz CT molecular complexity index is 1070. The Morgan fingerprint density at radius 2 is 2.08 bits per heavy atom. The van der Waals surface area contributed by atoms with E-state index >= 15 is 0 Å². The van der Waals surface area contributed by atoms with Crippen molar-refractivity contribution in [2.45, 2.75) is 18.4 Å². The summed E-state index contributed by atoms with van der Waals surface area (Å²) in [7, 11) is -3.52. The third-order valence-corrected chi connectivity index (χ3v) is 5.90. The molecule has 0 spiro atoms. The summed E-state index contributed by atoms with van der Waals surface area (Å²) in [5.41, 5.74) is 0.956. The molecular weight excluding hydrogens is 396 g/mol. The number of thiazole rings is 1. The van der Waals surface area contributed by atoms with E-state index < -0.39 is 15.7 Å². The minimum Gasteiger partial charge on any atom is -0.458 e. The van der Waals surface area contributed by atoms with Crippen LogP contribution in [0.2, 0.25) is 5.02 Å². The molecule has 0 aliphatic carbocycles. The zero-order chi connectivity index (χ0) is 18.9. The van der Waals surface area contributed by atoms with Gasteiger partial charge in [0.2, 0.25) is 0 Å². The molecule has 136 valence electrons. The molecule has 0 fully saturated rings. The first kappa shape index (κ1) is 18.6. The van der Waals surface area contributed by atoms with Crippen molar-refractivity contribution in [1.82, 2.24) is 10.3 Å². The van der Waals surface area contributed by atoms with Crippen LogP contribution in [0, 0.1) is 6.92 Å². The zero-order valence-corrected chi connectivity index (χ0v) is 16.3. The monoisotopic (exact) mass is 410 g/mol. The molecule has 3 aromatic rings. The lowest BCUT2D eigenvalue weighted by Gasteiger charge is -2.07. The van der Waals surface area contributed by atoms with Crippen molar-refractivity contribution in [1.29, 1.82) is 0 Å². The first-order valence-corrected chi connectivity index (χ1v) is 10.7. The van der Waals surface area contributed by atoms with Gasteiger partial charge in [-0.15, -0.1) is 11.3 Å². The number of nitrogens with one attached hydrogen (secondary N) is 1. The predicted octanol–water partition coefficient (Wildman–Crippen LogP) is 3.70. The summed E-state index contributed by atoms with van der Waals surface area (Å²) < 4.78 is 29.1. The molecule has 2 heterocycles. The van der Waals surface area contributed by atoms with Gasteiger partial charge in [0, 0.05) is 17.2 Å². The number of benzene rings is 1. The normalized spacial score (nSPS) is 11.5. The molecule has 3 rings (SSSR count). The molecule has 0 unspecified atom stereocenters. The van der Waals surface area contributed by atoms with Gasteiger partial charge in [0.1, 0.15) is 11.5 Å². The fraction of sp³-hybridized carbons (Fsp3) is 0.176. The lowest BCUT2D eigenvalue weighted by atomic mass is 10.2. The Kier molecular flexibility index (Phi) is 5.17. The number of halogens is 1. The Morgan fingerprint density at radius 3 is 2.73 bits per heavy atom. The largest absolute Gasteiger partial charge is 0.458 e. The van der Waals surface area contributed by atoms with Crippen LogP contribution in [0.4, 0.5) is 0 Å². The number of rotatable bonds is 5. The molecule has 9 heteroatoms. The number of nitrogens with zero attached hydrogens (tertiary/aromatic N) is 1. The first-order valence-electron chi connectivity index (χ1n) is 7.53. The van der Waals surface area contributed by atoms with Crippen LogP contribution >= 0.6 is 22.9 Å². The van der Waals surface area contributed by atoms with Gasteiger partial charge in [0.05, 0.1) is 21.5 Å². The van der Waals surface area contributed by atoms with Crippen LogP contribution in [0.3, 0.4) is 0 Å². The number of aromatic nitrogens is 1. The van der Waals surface area contributed by atoms with E-state index in [2.05, 4.69) is 10.3 Å². The maximum absolute atomic E-state index is 12.3. The van der Waals surface area contributed by atoms with Crippen molar-refractivity contribution in [3.63, 3.8) is 0 Å². The number of sulfone groups is 1. The van der Waals surface area contributed by atoms with Crippen molar-refractivity contribution in [3.8, 4) is 11.5 Å². The maximum Gasteiger partial charge on any atom is 0.251 e. The smallest absolute Gasteiger partial charge is 0.251 e. The highest BCUT2D eigenvalue weighted by Crippen LogP contribution is 2.24. The molecule has 0 aliphatic heterocycles. The summed E-state index contributed by atoms with van der Waals surface area (Å²) >= 11 is 7.42. The maximum atomic E-state index is 12.3. The first-order chi connectivity index (χ1) is 12.2. The fourth-order valence-corrected chi connectivity index (χ4v) is 4.19. The van der Waals surface area contributed by atoms with E-state index in [4.69, 9.17) is 16.0 Å². The van der Waals surface area contributed by atoms with Crippen molar-refractivity contribution in [2.75, 3.05) is 6.26 Å². The summed E-state index contributed by atoms with van der Waals surface area (Å²) in [6.45, 7) is 2.08. The van der Waals surface area contributed by atoms with Crippen LogP contribution in [0.25, 0.3) is 11.5 Å². The van der Waals surface area contributed by atoms with Crippen LogP contribution in [0.15, 0.2) is 45.0 Å².